The van der Waals surface area contributed by atoms with Gasteiger partial charge in [0.25, 0.3) is 0 Å². The molecule has 1 aliphatic rings. The van der Waals surface area contributed by atoms with Crippen LogP contribution in [0.4, 0.5) is 11.4 Å². The van der Waals surface area contributed by atoms with Gasteiger partial charge in [0.1, 0.15) is 6.04 Å². The number of anilines is 2. The molecule has 3 N–H and O–H groups in total. The molecular weight excluding hydrogens is 400 g/mol. The number of nitrogens with zero attached hydrogens (tertiary/aromatic N) is 2. The number of nitrogens with two attached hydrogens (primary N) is 1. The van der Waals surface area contributed by atoms with Crippen molar-refractivity contribution in [3.05, 3.63) is 95.6 Å². The van der Waals surface area contributed by atoms with Crippen LogP contribution in [0.3, 0.4) is 0 Å². The van der Waals surface area contributed by atoms with Gasteiger partial charge < -0.3 is 16.0 Å². The maximum atomic E-state index is 13.6. The molecule has 0 aromatic heterocycles. The molecule has 3 aromatic rings. The monoisotopic (exact) mass is 428 g/mol. The van der Waals surface area contributed by atoms with Crippen LogP contribution in [0.25, 0.3) is 0 Å². The van der Waals surface area contributed by atoms with Crippen LogP contribution in [-0.4, -0.2) is 54.7 Å². The minimum absolute atomic E-state index is 0.160. The Morgan fingerprint density at radius 2 is 1.50 bits per heavy atom. The van der Waals surface area contributed by atoms with Gasteiger partial charge in [-0.2, -0.15) is 0 Å². The fourth-order valence-corrected chi connectivity index (χ4v) is 4.05. The first-order valence-corrected chi connectivity index (χ1v) is 10.8. The Labute approximate surface area is 188 Å². The highest BCUT2D eigenvalue weighted by molar-refractivity contribution is 6.14. The molecule has 4 rings (SSSR count). The third kappa shape index (κ3) is 4.88. The second-order valence-electron chi connectivity index (χ2n) is 8.14. The summed E-state index contributed by atoms with van der Waals surface area (Å²) in [6, 6.07) is 23.4. The van der Waals surface area contributed by atoms with E-state index in [1.54, 1.807) is 30.3 Å². The lowest BCUT2D eigenvalue weighted by molar-refractivity contribution is -0.122. The van der Waals surface area contributed by atoms with Crippen LogP contribution < -0.4 is 11.1 Å². The van der Waals surface area contributed by atoms with Crippen molar-refractivity contribution in [3.8, 4) is 0 Å². The molecule has 0 spiro atoms. The summed E-state index contributed by atoms with van der Waals surface area (Å²) in [6.07, 6.45) is 0. The number of nitrogens with one attached hydrogen (secondary N) is 1. The quantitative estimate of drug-likeness (QED) is 0.465. The maximum Gasteiger partial charge on any atom is 0.246 e. The molecule has 164 valence electrons. The smallest absolute Gasteiger partial charge is 0.246 e. The number of piperazine rings is 1. The van der Waals surface area contributed by atoms with Crippen molar-refractivity contribution in [2.24, 2.45) is 0 Å². The van der Waals surface area contributed by atoms with Crippen molar-refractivity contribution >= 4 is 23.1 Å². The molecule has 6 nitrogen and oxygen atoms in total. The average molecular weight is 429 g/mol. The summed E-state index contributed by atoms with van der Waals surface area (Å²) < 4.78 is 0. The van der Waals surface area contributed by atoms with Gasteiger partial charge >= 0.3 is 0 Å². The third-order valence-electron chi connectivity index (χ3n) is 5.85. The molecule has 3 aromatic carbocycles. The molecule has 1 amide bonds. The van der Waals surface area contributed by atoms with Crippen molar-refractivity contribution in [1.29, 1.82) is 0 Å². The summed E-state index contributed by atoms with van der Waals surface area (Å²) in [5, 5.41) is 3.02. The van der Waals surface area contributed by atoms with Gasteiger partial charge in [0, 0.05) is 43.0 Å². The summed E-state index contributed by atoms with van der Waals surface area (Å²) in [5.41, 5.74) is 8.78. The molecule has 0 bridgehead atoms. The number of hydrogen-bond donors (Lipinski definition) is 2. The van der Waals surface area contributed by atoms with Crippen LogP contribution in [0.15, 0.2) is 78.9 Å². The van der Waals surface area contributed by atoms with Gasteiger partial charge in [0.2, 0.25) is 5.91 Å². The number of likely N-dealkylation sites (N-methyl/N-ethyl adjacent to an activating group) is 1. The molecule has 0 saturated carbocycles. The van der Waals surface area contributed by atoms with Crippen LogP contribution in [0.5, 0.6) is 0 Å². The van der Waals surface area contributed by atoms with E-state index in [0.29, 0.717) is 22.5 Å². The van der Waals surface area contributed by atoms with E-state index < -0.39 is 6.04 Å². The van der Waals surface area contributed by atoms with E-state index in [1.165, 1.54) is 0 Å². The van der Waals surface area contributed by atoms with E-state index in [4.69, 9.17) is 5.73 Å². The molecular formula is C26H28N4O2. The number of amides is 1. The molecule has 32 heavy (non-hydrogen) atoms. The summed E-state index contributed by atoms with van der Waals surface area (Å²) >= 11 is 0. The van der Waals surface area contributed by atoms with Crippen molar-refractivity contribution in [1.82, 2.24) is 9.80 Å². The highest BCUT2D eigenvalue weighted by Gasteiger charge is 2.30. The number of ketones is 1. The first kappa shape index (κ1) is 21.7. The fraction of sp³-hybridized carbons (Fsp3) is 0.231. The lowest BCUT2D eigenvalue weighted by atomic mass is 9.99. The number of carbonyl (C=O) groups excluding carboxylic acids is 2. The largest absolute Gasteiger partial charge is 0.399 e. The minimum Gasteiger partial charge on any atom is -0.399 e. The highest BCUT2D eigenvalue weighted by atomic mass is 16.2. The van der Waals surface area contributed by atoms with E-state index in [0.717, 1.165) is 31.7 Å². The molecule has 1 aliphatic heterocycles. The van der Waals surface area contributed by atoms with E-state index >= 15 is 0 Å². The Morgan fingerprint density at radius 3 is 2.16 bits per heavy atom. The van der Waals surface area contributed by atoms with Crippen molar-refractivity contribution in [2.45, 2.75) is 6.04 Å². The molecule has 1 atom stereocenters. The van der Waals surface area contributed by atoms with E-state index in [9.17, 15) is 9.59 Å². The predicted molar refractivity (Wildman–Crippen MR) is 128 cm³/mol. The zero-order valence-corrected chi connectivity index (χ0v) is 18.2. The number of hydrogen-bond acceptors (Lipinski definition) is 5. The Balaban J connectivity index is 1.64. The van der Waals surface area contributed by atoms with Gasteiger partial charge in [-0.15, -0.1) is 0 Å². The lowest BCUT2D eigenvalue weighted by Gasteiger charge is -2.37. The Hall–Kier alpha value is -3.48. The maximum absolute atomic E-state index is 13.6. The van der Waals surface area contributed by atoms with Crippen LogP contribution in [0.1, 0.15) is 27.5 Å². The van der Waals surface area contributed by atoms with Gasteiger partial charge in [-0.1, -0.05) is 60.7 Å². The van der Waals surface area contributed by atoms with Gasteiger partial charge in [0.05, 0.1) is 5.69 Å². The Kier molecular flexibility index (Phi) is 6.63. The molecule has 1 unspecified atom stereocenters. The zero-order valence-electron chi connectivity index (χ0n) is 18.2. The van der Waals surface area contributed by atoms with E-state index in [1.807, 2.05) is 48.5 Å². The topological polar surface area (TPSA) is 78.7 Å². The standard InChI is InChI=1S/C26H28N4O2/c1-29-14-16-30(17-15-29)24(19-8-4-2-5-9-19)26(32)28-23-13-12-21(27)18-22(23)25(31)20-10-6-3-7-11-20/h2-13,18,24H,14-17,27H2,1H3,(H,28,32). The van der Waals surface area contributed by atoms with Crippen LogP contribution >= 0.6 is 0 Å². The predicted octanol–water partition coefficient (Wildman–Crippen LogP) is 3.43. The van der Waals surface area contributed by atoms with Crippen molar-refractivity contribution < 1.29 is 9.59 Å². The van der Waals surface area contributed by atoms with Crippen molar-refractivity contribution in [3.63, 3.8) is 0 Å². The molecule has 0 aliphatic carbocycles. The van der Waals surface area contributed by atoms with Gasteiger partial charge in [-0.25, -0.2) is 0 Å². The number of nitrogen functional groups attached to an aromatic ring is 1. The fourth-order valence-electron chi connectivity index (χ4n) is 4.05. The second-order valence-corrected chi connectivity index (χ2v) is 8.14. The van der Waals surface area contributed by atoms with Gasteiger partial charge in [-0.3, -0.25) is 14.5 Å². The van der Waals surface area contributed by atoms with Gasteiger partial charge in [-0.05, 0) is 30.8 Å². The summed E-state index contributed by atoms with van der Waals surface area (Å²) in [6.45, 7) is 3.38. The average Bonchev–Trinajstić information content (AvgIpc) is 2.82. The third-order valence-corrected chi connectivity index (χ3v) is 5.85. The first-order valence-electron chi connectivity index (χ1n) is 10.8. The van der Waals surface area contributed by atoms with Crippen LogP contribution in [0.2, 0.25) is 0 Å². The molecule has 0 radical (unpaired) electrons. The molecule has 6 heteroatoms. The number of carbonyl (C=O) groups is 2. The zero-order chi connectivity index (χ0) is 22.5. The SMILES string of the molecule is CN1CCN(C(C(=O)Nc2ccc(N)cc2C(=O)c2ccccc2)c2ccccc2)CC1. The number of benzene rings is 3. The first-order chi connectivity index (χ1) is 15.5. The molecule has 1 fully saturated rings. The summed E-state index contributed by atoms with van der Waals surface area (Å²) in [4.78, 5) is 31.2. The highest BCUT2D eigenvalue weighted by Crippen LogP contribution is 2.27. The van der Waals surface area contributed by atoms with E-state index in [2.05, 4.69) is 22.2 Å². The second kappa shape index (κ2) is 9.77. The molecule has 1 saturated heterocycles. The van der Waals surface area contributed by atoms with Crippen LogP contribution in [0, 0.1) is 0 Å². The minimum atomic E-state index is -0.442. The lowest BCUT2D eigenvalue weighted by Crippen LogP contribution is -2.48. The summed E-state index contributed by atoms with van der Waals surface area (Å²) in [7, 11) is 2.09. The summed E-state index contributed by atoms with van der Waals surface area (Å²) in [5.74, 6) is -0.336. The van der Waals surface area contributed by atoms with Gasteiger partial charge in [0.15, 0.2) is 5.78 Å². The van der Waals surface area contributed by atoms with E-state index in [-0.39, 0.29) is 11.7 Å². The Bertz CT molecular complexity index is 1080. The number of rotatable bonds is 6. The van der Waals surface area contributed by atoms with Crippen molar-refractivity contribution in [2.75, 3.05) is 44.3 Å². The molecule has 1 heterocycles. The van der Waals surface area contributed by atoms with Crippen LogP contribution in [-0.2, 0) is 4.79 Å². The normalized spacial score (nSPS) is 15.8. The Morgan fingerprint density at radius 1 is 0.875 bits per heavy atom.